The minimum atomic E-state index is -0.0943. The van der Waals surface area contributed by atoms with Crippen LogP contribution in [-0.4, -0.2) is 27.6 Å². The first-order valence-corrected chi connectivity index (χ1v) is 10.8. The fraction of sp³-hybridized carbons (Fsp3) is 0.200. The Morgan fingerprint density at radius 1 is 1.22 bits per heavy atom. The molecule has 0 atom stereocenters. The van der Waals surface area contributed by atoms with E-state index in [4.69, 9.17) is 0 Å². The zero-order valence-electron chi connectivity index (χ0n) is 14.9. The molecule has 0 bridgehead atoms. The molecule has 3 rings (SSSR count). The number of carbonyl (C=O) groups excluding carboxylic acids is 1. The highest BCUT2D eigenvalue weighted by molar-refractivity contribution is 9.11. The summed E-state index contributed by atoms with van der Waals surface area (Å²) in [6.07, 6.45) is 2.54. The smallest absolute Gasteiger partial charge is 0.266 e. The van der Waals surface area contributed by atoms with Crippen molar-refractivity contribution in [3.8, 4) is 5.75 Å². The van der Waals surface area contributed by atoms with Gasteiger partial charge >= 0.3 is 0 Å². The lowest BCUT2D eigenvalue weighted by molar-refractivity contribution is -0.122. The Bertz CT molecular complexity index is 940. The van der Waals surface area contributed by atoms with Crippen LogP contribution < -0.4 is 0 Å². The number of aryl methyl sites for hydroxylation is 1. The maximum atomic E-state index is 12.9. The molecule has 1 aliphatic heterocycles. The van der Waals surface area contributed by atoms with E-state index in [-0.39, 0.29) is 11.7 Å². The van der Waals surface area contributed by atoms with Gasteiger partial charge in [0.1, 0.15) is 5.75 Å². The van der Waals surface area contributed by atoms with Crippen molar-refractivity contribution >= 4 is 66.5 Å². The molecule has 4 nitrogen and oxygen atoms in total. The molecule has 1 amide bonds. The van der Waals surface area contributed by atoms with Gasteiger partial charge in [-0.15, -0.1) is 0 Å². The zero-order chi connectivity index (χ0) is 19.6. The van der Waals surface area contributed by atoms with E-state index in [2.05, 4.69) is 36.9 Å². The van der Waals surface area contributed by atoms with Gasteiger partial charge in [0.05, 0.1) is 15.1 Å². The lowest BCUT2D eigenvalue weighted by atomic mass is 10.2. The molecule has 0 unspecified atom stereocenters. The normalized spacial score (nSPS) is 17.3. The molecule has 27 heavy (non-hydrogen) atoms. The van der Waals surface area contributed by atoms with Gasteiger partial charge in [0.15, 0.2) is 5.17 Å². The maximum Gasteiger partial charge on any atom is 0.266 e. The fourth-order valence-corrected chi connectivity index (χ4v) is 4.85. The number of phenols is 1. The number of aromatic hydroxyl groups is 1. The summed E-state index contributed by atoms with van der Waals surface area (Å²) in [6.45, 7) is 4.65. The maximum absolute atomic E-state index is 12.9. The van der Waals surface area contributed by atoms with Gasteiger partial charge in [-0.1, -0.05) is 40.5 Å². The number of nitrogens with zero attached hydrogens (tertiary/aromatic N) is 2. The monoisotopic (exact) mass is 508 g/mol. The predicted molar refractivity (Wildman–Crippen MR) is 119 cm³/mol. The summed E-state index contributed by atoms with van der Waals surface area (Å²) in [5.41, 5.74) is 2.54. The Morgan fingerprint density at radius 2 is 1.93 bits per heavy atom. The molecule has 0 radical (unpaired) electrons. The molecular weight excluding hydrogens is 492 g/mol. The fourth-order valence-electron chi connectivity index (χ4n) is 2.58. The molecule has 1 aliphatic rings. The standard InChI is InChI=1S/C20H18Br2N2O2S/c1-3-8-24-19(26)17(10-13-9-14(21)11-16(22)18(13)25)27-20(24)23-15-6-4-12(2)5-7-15/h4-7,9-11,25H,3,8H2,1-2H3/b17-10+,23-20?. The van der Waals surface area contributed by atoms with Crippen molar-refractivity contribution in [3.05, 3.63) is 61.4 Å². The highest BCUT2D eigenvalue weighted by Crippen LogP contribution is 2.38. The van der Waals surface area contributed by atoms with Crippen molar-refractivity contribution in [3.63, 3.8) is 0 Å². The molecule has 0 spiro atoms. The van der Waals surface area contributed by atoms with E-state index in [1.165, 1.54) is 11.8 Å². The van der Waals surface area contributed by atoms with E-state index >= 15 is 0 Å². The molecule has 1 saturated heterocycles. The number of benzene rings is 2. The van der Waals surface area contributed by atoms with Crippen LogP contribution in [0.2, 0.25) is 0 Å². The van der Waals surface area contributed by atoms with Crippen LogP contribution in [0.15, 0.2) is 55.2 Å². The number of phenolic OH excluding ortho intramolecular Hbond substituents is 1. The number of carbonyl (C=O) groups is 1. The molecule has 1 fully saturated rings. The van der Waals surface area contributed by atoms with Gasteiger partial charge in [0.2, 0.25) is 0 Å². The molecular formula is C20H18Br2N2O2S. The third kappa shape index (κ3) is 4.65. The highest BCUT2D eigenvalue weighted by atomic mass is 79.9. The lowest BCUT2D eigenvalue weighted by Gasteiger charge is -2.14. The van der Waals surface area contributed by atoms with Crippen LogP contribution in [0.5, 0.6) is 5.75 Å². The van der Waals surface area contributed by atoms with Gasteiger partial charge in [0.25, 0.3) is 5.91 Å². The minimum Gasteiger partial charge on any atom is -0.506 e. The van der Waals surface area contributed by atoms with Crippen molar-refractivity contribution in [1.82, 2.24) is 4.90 Å². The summed E-state index contributed by atoms with van der Waals surface area (Å²) in [5, 5.41) is 10.9. The molecule has 7 heteroatoms. The van der Waals surface area contributed by atoms with E-state index in [0.717, 1.165) is 22.1 Å². The van der Waals surface area contributed by atoms with Gasteiger partial charge < -0.3 is 5.11 Å². The van der Waals surface area contributed by atoms with E-state index in [1.807, 2.05) is 38.1 Å². The number of amidine groups is 1. The average Bonchev–Trinajstić information content (AvgIpc) is 2.90. The van der Waals surface area contributed by atoms with Crippen LogP contribution >= 0.6 is 43.6 Å². The largest absolute Gasteiger partial charge is 0.506 e. The number of halogens is 2. The van der Waals surface area contributed by atoms with Crippen LogP contribution in [0.4, 0.5) is 5.69 Å². The summed E-state index contributed by atoms with van der Waals surface area (Å²) >= 11 is 8.07. The first kappa shape index (κ1) is 20.2. The second kappa shape index (κ2) is 8.63. The number of rotatable bonds is 4. The summed E-state index contributed by atoms with van der Waals surface area (Å²) in [7, 11) is 0. The Labute approximate surface area is 179 Å². The van der Waals surface area contributed by atoms with Crippen molar-refractivity contribution in [1.29, 1.82) is 0 Å². The Kier molecular flexibility index (Phi) is 6.44. The molecule has 2 aromatic carbocycles. The van der Waals surface area contributed by atoms with Gasteiger partial charge in [-0.3, -0.25) is 9.69 Å². The summed E-state index contributed by atoms with van der Waals surface area (Å²) in [5.74, 6) is 0.00766. The molecule has 140 valence electrons. The first-order valence-electron chi connectivity index (χ1n) is 8.44. The third-order valence-corrected chi connectivity index (χ3v) is 6.01. The van der Waals surface area contributed by atoms with Crippen molar-refractivity contribution in [2.24, 2.45) is 4.99 Å². The van der Waals surface area contributed by atoms with E-state index in [9.17, 15) is 9.90 Å². The molecule has 0 aromatic heterocycles. The zero-order valence-corrected chi connectivity index (χ0v) is 18.9. The summed E-state index contributed by atoms with van der Waals surface area (Å²) in [6, 6.07) is 11.4. The van der Waals surface area contributed by atoms with E-state index < -0.39 is 0 Å². The van der Waals surface area contributed by atoms with Gasteiger partial charge in [0, 0.05) is 16.6 Å². The van der Waals surface area contributed by atoms with Crippen LogP contribution in [-0.2, 0) is 4.79 Å². The predicted octanol–water partition coefficient (Wildman–Crippen LogP) is 6.24. The second-order valence-electron chi connectivity index (χ2n) is 6.12. The molecule has 0 aliphatic carbocycles. The molecule has 1 heterocycles. The van der Waals surface area contributed by atoms with E-state index in [0.29, 0.717) is 26.7 Å². The third-order valence-electron chi connectivity index (χ3n) is 3.94. The van der Waals surface area contributed by atoms with Gasteiger partial charge in [-0.2, -0.15) is 0 Å². The summed E-state index contributed by atoms with van der Waals surface area (Å²) in [4.78, 5) is 19.8. The number of hydrogen-bond acceptors (Lipinski definition) is 4. The first-order chi connectivity index (χ1) is 12.9. The van der Waals surface area contributed by atoms with Crippen LogP contribution in [0.1, 0.15) is 24.5 Å². The minimum absolute atomic E-state index is 0.0943. The van der Waals surface area contributed by atoms with Gasteiger partial charge in [-0.05, 0) is 71.4 Å². The number of thioether (sulfide) groups is 1. The summed E-state index contributed by atoms with van der Waals surface area (Å²) < 4.78 is 1.38. The number of aliphatic imine (C=N–C) groups is 1. The van der Waals surface area contributed by atoms with Crippen LogP contribution in [0.3, 0.4) is 0 Å². The van der Waals surface area contributed by atoms with Crippen molar-refractivity contribution in [2.45, 2.75) is 20.3 Å². The Hall–Kier alpha value is -1.57. The lowest BCUT2D eigenvalue weighted by Crippen LogP contribution is -2.29. The van der Waals surface area contributed by atoms with E-state index in [1.54, 1.807) is 23.1 Å². The second-order valence-corrected chi connectivity index (χ2v) is 8.90. The Morgan fingerprint density at radius 3 is 2.59 bits per heavy atom. The Balaban J connectivity index is 1.99. The number of hydrogen-bond donors (Lipinski definition) is 1. The van der Waals surface area contributed by atoms with Crippen molar-refractivity contribution < 1.29 is 9.90 Å². The molecule has 0 saturated carbocycles. The average molecular weight is 510 g/mol. The number of amides is 1. The highest BCUT2D eigenvalue weighted by Gasteiger charge is 2.33. The molecule has 1 N–H and O–H groups in total. The SMILES string of the molecule is CCCN1C(=O)/C(=C\c2cc(Br)cc(Br)c2O)SC1=Nc1ccc(C)cc1. The molecule has 2 aromatic rings. The van der Waals surface area contributed by atoms with Crippen LogP contribution in [0, 0.1) is 6.92 Å². The topological polar surface area (TPSA) is 52.9 Å². The van der Waals surface area contributed by atoms with Crippen LogP contribution in [0.25, 0.3) is 6.08 Å². The van der Waals surface area contributed by atoms with Gasteiger partial charge in [-0.25, -0.2) is 4.99 Å². The van der Waals surface area contributed by atoms with Crippen molar-refractivity contribution in [2.75, 3.05) is 6.54 Å². The quantitative estimate of drug-likeness (QED) is 0.496.